The summed E-state index contributed by atoms with van der Waals surface area (Å²) in [5.41, 5.74) is 0. The SMILES string of the molecule is O=C(O)CC(CC(=O)N1CCN(c2ncccn2)CC1)c1cccs1. The lowest BCUT2D eigenvalue weighted by atomic mass is 9.98. The molecular weight excluding hydrogens is 340 g/mol. The van der Waals surface area contributed by atoms with Gasteiger partial charge in [0.1, 0.15) is 0 Å². The van der Waals surface area contributed by atoms with Gasteiger partial charge < -0.3 is 14.9 Å². The molecule has 25 heavy (non-hydrogen) atoms. The average Bonchev–Trinajstić information content (AvgIpc) is 3.16. The minimum atomic E-state index is -0.878. The maximum atomic E-state index is 12.6. The van der Waals surface area contributed by atoms with Crippen LogP contribution in [-0.2, 0) is 9.59 Å². The first kappa shape index (κ1) is 17.3. The number of carbonyl (C=O) groups excluding carboxylic acids is 1. The van der Waals surface area contributed by atoms with E-state index in [1.807, 2.05) is 22.4 Å². The lowest BCUT2D eigenvalue weighted by Crippen LogP contribution is -2.49. The number of anilines is 1. The number of aliphatic carboxylic acids is 1. The number of aromatic nitrogens is 2. The lowest BCUT2D eigenvalue weighted by Gasteiger charge is -2.35. The van der Waals surface area contributed by atoms with Crippen molar-refractivity contribution in [1.29, 1.82) is 0 Å². The molecule has 7 nitrogen and oxygen atoms in total. The summed E-state index contributed by atoms with van der Waals surface area (Å²) >= 11 is 1.50. The van der Waals surface area contributed by atoms with Crippen molar-refractivity contribution in [2.45, 2.75) is 18.8 Å². The van der Waals surface area contributed by atoms with Crippen molar-refractivity contribution in [3.8, 4) is 0 Å². The number of hydrogen-bond acceptors (Lipinski definition) is 6. The molecule has 2 aromatic rings. The Bertz CT molecular complexity index is 700. The summed E-state index contributed by atoms with van der Waals surface area (Å²) in [5, 5.41) is 11.0. The zero-order valence-electron chi connectivity index (χ0n) is 13.7. The van der Waals surface area contributed by atoms with Crippen molar-refractivity contribution in [3.63, 3.8) is 0 Å². The van der Waals surface area contributed by atoms with Crippen LogP contribution >= 0.6 is 11.3 Å². The number of piperazine rings is 1. The van der Waals surface area contributed by atoms with Crippen LogP contribution in [0.15, 0.2) is 36.0 Å². The lowest BCUT2D eigenvalue weighted by molar-refractivity contribution is -0.138. The molecule has 1 aliphatic rings. The Balaban J connectivity index is 1.57. The van der Waals surface area contributed by atoms with E-state index in [0.29, 0.717) is 32.1 Å². The van der Waals surface area contributed by atoms with Gasteiger partial charge in [0.25, 0.3) is 0 Å². The van der Waals surface area contributed by atoms with E-state index in [0.717, 1.165) is 4.88 Å². The highest BCUT2D eigenvalue weighted by atomic mass is 32.1. The van der Waals surface area contributed by atoms with E-state index in [1.165, 1.54) is 11.3 Å². The van der Waals surface area contributed by atoms with Gasteiger partial charge in [-0.3, -0.25) is 9.59 Å². The van der Waals surface area contributed by atoms with Gasteiger partial charge in [0.15, 0.2) is 0 Å². The largest absolute Gasteiger partial charge is 0.481 e. The number of carboxylic acid groups (broad SMARTS) is 1. The number of thiophene rings is 1. The standard InChI is InChI=1S/C17H20N4O3S/c22-15(11-13(12-16(23)24)14-3-1-10-25-14)20-6-8-21(9-7-20)17-18-4-2-5-19-17/h1-5,10,13H,6-9,11-12H2,(H,23,24). The van der Waals surface area contributed by atoms with Gasteiger partial charge >= 0.3 is 5.97 Å². The molecule has 0 spiro atoms. The Hall–Kier alpha value is -2.48. The van der Waals surface area contributed by atoms with Crippen LogP contribution < -0.4 is 4.90 Å². The molecule has 0 aliphatic carbocycles. The van der Waals surface area contributed by atoms with Gasteiger partial charge in [-0.25, -0.2) is 9.97 Å². The molecule has 0 aromatic carbocycles. The van der Waals surface area contributed by atoms with Gasteiger partial charge in [0, 0.05) is 55.8 Å². The summed E-state index contributed by atoms with van der Waals surface area (Å²) in [7, 11) is 0. The van der Waals surface area contributed by atoms with E-state index >= 15 is 0 Å². The minimum Gasteiger partial charge on any atom is -0.481 e. The fourth-order valence-electron chi connectivity index (χ4n) is 2.96. The van der Waals surface area contributed by atoms with Crippen LogP contribution in [0.3, 0.4) is 0 Å². The van der Waals surface area contributed by atoms with Gasteiger partial charge in [0.05, 0.1) is 6.42 Å². The van der Waals surface area contributed by atoms with Crippen molar-refractivity contribution in [2.75, 3.05) is 31.1 Å². The van der Waals surface area contributed by atoms with Crippen molar-refractivity contribution in [1.82, 2.24) is 14.9 Å². The third-order valence-electron chi connectivity index (χ3n) is 4.25. The first-order chi connectivity index (χ1) is 12.1. The average molecular weight is 360 g/mol. The molecular formula is C17H20N4O3S. The van der Waals surface area contributed by atoms with Crippen LogP contribution in [0, 0.1) is 0 Å². The minimum absolute atomic E-state index is 0.00767. The number of carboxylic acids is 1. The Morgan fingerprint density at radius 3 is 2.44 bits per heavy atom. The summed E-state index contributed by atoms with van der Waals surface area (Å²) < 4.78 is 0. The second-order valence-electron chi connectivity index (χ2n) is 5.93. The maximum Gasteiger partial charge on any atom is 0.304 e. The molecule has 1 fully saturated rings. The summed E-state index contributed by atoms with van der Waals surface area (Å²) in [4.78, 5) is 37.0. The molecule has 0 bridgehead atoms. The Labute approximate surface area is 149 Å². The second kappa shape index (κ2) is 8.06. The van der Waals surface area contributed by atoms with Gasteiger partial charge in [-0.15, -0.1) is 11.3 Å². The summed E-state index contributed by atoms with van der Waals surface area (Å²) in [6.45, 7) is 2.55. The van der Waals surface area contributed by atoms with Crippen LogP contribution in [0.5, 0.6) is 0 Å². The summed E-state index contributed by atoms with van der Waals surface area (Å²) in [5.74, 6) is -0.456. The molecule has 8 heteroatoms. The third kappa shape index (κ3) is 4.54. The number of nitrogens with zero attached hydrogens (tertiary/aromatic N) is 4. The highest BCUT2D eigenvalue weighted by Crippen LogP contribution is 2.28. The number of amides is 1. The normalized spacial score (nSPS) is 15.8. The predicted molar refractivity (Wildman–Crippen MR) is 94.8 cm³/mol. The Kier molecular flexibility index (Phi) is 5.60. The Morgan fingerprint density at radius 2 is 1.84 bits per heavy atom. The quantitative estimate of drug-likeness (QED) is 0.846. The van der Waals surface area contributed by atoms with Crippen molar-refractivity contribution >= 4 is 29.2 Å². The highest BCUT2D eigenvalue weighted by molar-refractivity contribution is 7.10. The molecule has 1 N–H and O–H groups in total. The first-order valence-electron chi connectivity index (χ1n) is 8.18. The van der Waals surface area contributed by atoms with Crippen molar-refractivity contribution in [3.05, 3.63) is 40.8 Å². The molecule has 3 heterocycles. The molecule has 3 rings (SSSR count). The molecule has 0 saturated carbocycles. The van der Waals surface area contributed by atoms with Gasteiger partial charge in [-0.05, 0) is 17.5 Å². The molecule has 1 saturated heterocycles. The topological polar surface area (TPSA) is 86.6 Å². The smallest absolute Gasteiger partial charge is 0.304 e. The van der Waals surface area contributed by atoms with E-state index in [9.17, 15) is 9.59 Å². The van der Waals surface area contributed by atoms with Crippen molar-refractivity contribution < 1.29 is 14.7 Å². The van der Waals surface area contributed by atoms with Gasteiger partial charge in [-0.1, -0.05) is 6.07 Å². The first-order valence-corrected chi connectivity index (χ1v) is 9.06. The Morgan fingerprint density at radius 1 is 1.12 bits per heavy atom. The second-order valence-corrected chi connectivity index (χ2v) is 6.91. The van der Waals surface area contributed by atoms with Crippen LogP contribution in [0.1, 0.15) is 23.6 Å². The summed E-state index contributed by atoms with van der Waals surface area (Å²) in [6, 6.07) is 5.56. The van der Waals surface area contributed by atoms with Crippen LogP contribution in [0.2, 0.25) is 0 Å². The molecule has 0 radical (unpaired) electrons. The van der Waals surface area contributed by atoms with Crippen LogP contribution in [0.4, 0.5) is 5.95 Å². The van der Waals surface area contributed by atoms with E-state index in [2.05, 4.69) is 14.9 Å². The van der Waals surface area contributed by atoms with E-state index in [1.54, 1.807) is 18.5 Å². The fraction of sp³-hybridized carbons (Fsp3) is 0.412. The molecule has 2 aromatic heterocycles. The third-order valence-corrected chi connectivity index (χ3v) is 5.29. The molecule has 1 unspecified atom stereocenters. The highest BCUT2D eigenvalue weighted by Gasteiger charge is 2.26. The van der Waals surface area contributed by atoms with Crippen LogP contribution in [-0.4, -0.2) is 58.0 Å². The molecule has 132 valence electrons. The predicted octanol–water partition coefficient (Wildman–Crippen LogP) is 1.84. The van der Waals surface area contributed by atoms with E-state index in [-0.39, 0.29) is 24.7 Å². The number of hydrogen-bond donors (Lipinski definition) is 1. The fourth-order valence-corrected chi connectivity index (χ4v) is 3.79. The van der Waals surface area contributed by atoms with Gasteiger partial charge in [0.2, 0.25) is 11.9 Å². The van der Waals surface area contributed by atoms with Gasteiger partial charge in [-0.2, -0.15) is 0 Å². The molecule has 1 atom stereocenters. The van der Waals surface area contributed by atoms with E-state index in [4.69, 9.17) is 5.11 Å². The monoisotopic (exact) mass is 360 g/mol. The number of rotatable bonds is 6. The molecule has 1 aliphatic heterocycles. The molecule has 1 amide bonds. The zero-order chi connectivity index (χ0) is 17.6. The number of carbonyl (C=O) groups is 2. The van der Waals surface area contributed by atoms with Crippen molar-refractivity contribution in [2.24, 2.45) is 0 Å². The van der Waals surface area contributed by atoms with Crippen LogP contribution in [0.25, 0.3) is 0 Å². The summed E-state index contributed by atoms with van der Waals surface area (Å²) in [6.07, 6.45) is 3.62. The maximum absolute atomic E-state index is 12.6. The zero-order valence-corrected chi connectivity index (χ0v) is 14.6. The van der Waals surface area contributed by atoms with E-state index < -0.39 is 5.97 Å².